The van der Waals surface area contributed by atoms with Crippen LogP contribution in [0.2, 0.25) is 0 Å². The lowest BCUT2D eigenvalue weighted by atomic mass is 9.97. The molecule has 0 saturated heterocycles. The Bertz CT molecular complexity index is 234. The Hall–Kier alpha value is -0.540. The molecule has 0 amide bonds. The topological polar surface area (TPSA) is 47.3 Å². The second-order valence-corrected chi connectivity index (χ2v) is 5.04. The van der Waals surface area contributed by atoms with Gasteiger partial charge in [-0.05, 0) is 37.7 Å². The first kappa shape index (κ1) is 11.9. The first-order valence-corrected chi connectivity index (χ1v) is 6.69. The van der Waals surface area contributed by atoms with E-state index in [1.807, 2.05) is 0 Å². The second kappa shape index (κ2) is 6.26. The van der Waals surface area contributed by atoms with E-state index in [0.717, 1.165) is 37.5 Å². The lowest BCUT2D eigenvalue weighted by Gasteiger charge is -2.24. The summed E-state index contributed by atoms with van der Waals surface area (Å²) in [5.41, 5.74) is 2.90. The number of nitrogens with two attached hydrogens (primary N) is 1. The zero-order valence-corrected chi connectivity index (χ0v) is 10.1. The van der Waals surface area contributed by atoms with Crippen molar-refractivity contribution in [3.63, 3.8) is 0 Å². The van der Waals surface area contributed by atoms with Crippen LogP contribution in [0.5, 0.6) is 0 Å². The van der Waals surface area contributed by atoms with E-state index >= 15 is 0 Å². The molecule has 1 saturated carbocycles. The van der Waals surface area contributed by atoms with Crippen molar-refractivity contribution in [2.45, 2.75) is 57.4 Å². The molecular weight excluding hydrogens is 200 g/mol. The van der Waals surface area contributed by atoms with Crippen LogP contribution in [-0.2, 0) is 4.74 Å². The van der Waals surface area contributed by atoms with Crippen molar-refractivity contribution in [2.75, 3.05) is 6.61 Å². The van der Waals surface area contributed by atoms with Crippen LogP contribution in [-0.4, -0.2) is 12.6 Å². The molecule has 16 heavy (non-hydrogen) atoms. The molecule has 0 bridgehead atoms. The second-order valence-electron chi connectivity index (χ2n) is 5.04. The van der Waals surface area contributed by atoms with Gasteiger partial charge in [-0.15, -0.1) is 0 Å². The van der Waals surface area contributed by atoms with Gasteiger partial charge in [0.15, 0.2) is 0 Å². The van der Waals surface area contributed by atoms with Gasteiger partial charge in [0.05, 0.1) is 12.6 Å². The quantitative estimate of drug-likeness (QED) is 0.557. The Morgan fingerprint density at radius 1 is 1.38 bits per heavy atom. The zero-order chi connectivity index (χ0) is 11.2. The average Bonchev–Trinajstić information content (AvgIpc) is 2.84. The summed E-state index contributed by atoms with van der Waals surface area (Å²) in [4.78, 5) is 0. The predicted molar refractivity (Wildman–Crippen MR) is 65.6 cm³/mol. The molecule has 3 heteroatoms. The normalized spacial score (nSPS) is 23.9. The van der Waals surface area contributed by atoms with Gasteiger partial charge in [0.1, 0.15) is 5.76 Å². The Kier molecular flexibility index (Phi) is 4.67. The van der Waals surface area contributed by atoms with Crippen LogP contribution in [0, 0.1) is 5.92 Å². The molecule has 0 spiro atoms. The largest absolute Gasteiger partial charge is 0.497 e. The summed E-state index contributed by atoms with van der Waals surface area (Å²) >= 11 is 0. The van der Waals surface area contributed by atoms with Crippen LogP contribution in [0.25, 0.3) is 0 Å². The van der Waals surface area contributed by atoms with Gasteiger partial charge in [-0.25, -0.2) is 5.43 Å². The number of nitrogens with one attached hydrogen (secondary N) is 1. The molecule has 1 unspecified atom stereocenters. The van der Waals surface area contributed by atoms with Crippen molar-refractivity contribution in [3.8, 4) is 0 Å². The van der Waals surface area contributed by atoms with Gasteiger partial charge >= 0.3 is 0 Å². The van der Waals surface area contributed by atoms with Crippen molar-refractivity contribution in [1.82, 2.24) is 5.43 Å². The van der Waals surface area contributed by atoms with Gasteiger partial charge < -0.3 is 4.74 Å². The van der Waals surface area contributed by atoms with Gasteiger partial charge in [0, 0.05) is 0 Å². The molecule has 2 rings (SSSR count). The third kappa shape index (κ3) is 3.22. The number of ether oxygens (including phenoxy) is 1. The smallest absolute Gasteiger partial charge is 0.110 e. The maximum atomic E-state index is 5.66. The molecule has 3 N–H and O–H groups in total. The van der Waals surface area contributed by atoms with E-state index in [0.29, 0.717) is 0 Å². The van der Waals surface area contributed by atoms with E-state index in [9.17, 15) is 0 Å². The Labute approximate surface area is 98.4 Å². The van der Waals surface area contributed by atoms with Crippen molar-refractivity contribution < 1.29 is 4.74 Å². The highest BCUT2D eigenvalue weighted by molar-refractivity contribution is 5.04. The lowest BCUT2D eigenvalue weighted by molar-refractivity contribution is 0.163. The molecule has 1 atom stereocenters. The summed E-state index contributed by atoms with van der Waals surface area (Å²) in [5, 5.41) is 0. The SMILES string of the molecule is NNC(CCC1CCCC1)C1=CCCCO1. The van der Waals surface area contributed by atoms with E-state index < -0.39 is 0 Å². The molecule has 0 aromatic rings. The van der Waals surface area contributed by atoms with Gasteiger partial charge in [0.25, 0.3) is 0 Å². The first-order chi connectivity index (χ1) is 7.90. The number of hydrazine groups is 1. The predicted octanol–water partition coefficient (Wildman–Crippen LogP) is 2.48. The summed E-state index contributed by atoms with van der Waals surface area (Å²) in [5.74, 6) is 7.62. The number of allylic oxidation sites excluding steroid dienone is 1. The van der Waals surface area contributed by atoms with Crippen molar-refractivity contribution >= 4 is 0 Å². The molecule has 0 radical (unpaired) electrons. The lowest BCUT2D eigenvalue weighted by Crippen LogP contribution is -2.38. The monoisotopic (exact) mass is 224 g/mol. The Balaban J connectivity index is 1.77. The highest BCUT2D eigenvalue weighted by Gasteiger charge is 2.20. The molecule has 1 aliphatic carbocycles. The summed E-state index contributed by atoms with van der Waals surface area (Å²) in [6, 6.07) is 0.237. The van der Waals surface area contributed by atoms with Crippen LogP contribution in [0.4, 0.5) is 0 Å². The van der Waals surface area contributed by atoms with E-state index in [-0.39, 0.29) is 6.04 Å². The van der Waals surface area contributed by atoms with Crippen LogP contribution in [0.3, 0.4) is 0 Å². The molecule has 2 aliphatic rings. The average molecular weight is 224 g/mol. The summed E-state index contributed by atoms with van der Waals surface area (Å²) < 4.78 is 5.66. The minimum atomic E-state index is 0.237. The van der Waals surface area contributed by atoms with E-state index in [1.54, 1.807) is 0 Å². The first-order valence-electron chi connectivity index (χ1n) is 6.69. The molecule has 1 aliphatic heterocycles. The van der Waals surface area contributed by atoms with E-state index in [4.69, 9.17) is 10.6 Å². The van der Waals surface area contributed by atoms with Crippen LogP contribution in [0.1, 0.15) is 51.4 Å². The van der Waals surface area contributed by atoms with Gasteiger partial charge in [-0.2, -0.15) is 0 Å². The van der Waals surface area contributed by atoms with E-state index in [2.05, 4.69) is 11.5 Å². The maximum Gasteiger partial charge on any atom is 0.110 e. The highest BCUT2D eigenvalue weighted by atomic mass is 16.5. The van der Waals surface area contributed by atoms with Crippen LogP contribution in [0.15, 0.2) is 11.8 Å². The van der Waals surface area contributed by atoms with Gasteiger partial charge in [0.2, 0.25) is 0 Å². The minimum absolute atomic E-state index is 0.237. The van der Waals surface area contributed by atoms with Crippen molar-refractivity contribution in [3.05, 3.63) is 11.8 Å². The highest BCUT2D eigenvalue weighted by Crippen LogP contribution is 2.30. The molecule has 0 aromatic carbocycles. The Morgan fingerprint density at radius 2 is 2.19 bits per heavy atom. The van der Waals surface area contributed by atoms with Crippen LogP contribution >= 0.6 is 0 Å². The van der Waals surface area contributed by atoms with E-state index in [1.165, 1.54) is 32.1 Å². The summed E-state index contributed by atoms with van der Waals surface area (Å²) in [6.45, 7) is 0.855. The number of hydrogen-bond acceptors (Lipinski definition) is 3. The molecular formula is C13H24N2O. The van der Waals surface area contributed by atoms with Crippen molar-refractivity contribution in [2.24, 2.45) is 11.8 Å². The number of hydrogen-bond donors (Lipinski definition) is 2. The maximum absolute atomic E-state index is 5.66. The molecule has 3 nitrogen and oxygen atoms in total. The molecule has 1 fully saturated rings. The summed E-state index contributed by atoms with van der Waals surface area (Å²) in [7, 11) is 0. The van der Waals surface area contributed by atoms with Gasteiger partial charge in [-0.1, -0.05) is 25.7 Å². The fourth-order valence-corrected chi connectivity index (χ4v) is 2.83. The van der Waals surface area contributed by atoms with Gasteiger partial charge in [-0.3, -0.25) is 5.84 Å². The Morgan fingerprint density at radius 3 is 2.81 bits per heavy atom. The fourth-order valence-electron chi connectivity index (χ4n) is 2.83. The van der Waals surface area contributed by atoms with Crippen molar-refractivity contribution in [1.29, 1.82) is 0 Å². The molecule has 1 heterocycles. The zero-order valence-electron chi connectivity index (χ0n) is 10.1. The third-order valence-corrected chi connectivity index (χ3v) is 3.85. The standard InChI is InChI=1S/C13H24N2O/c14-15-12(13-7-3-4-10-16-13)9-8-11-5-1-2-6-11/h7,11-12,15H,1-6,8-10,14H2. The fraction of sp³-hybridized carbons (Fsp3) is 0.846. The number of rotatable bonds is 5. The molecule has 92 valence electrons. The summed E-state index contributed by atoms with van der Waals surface area (Å²) in [6.07, 6.45) is 12.6. The minimum Gasteiger partial charge on any atom is -0.497 e. The third-order valence-electron chi connectivity index (χ3n) is 3.85. The van der Waals surface area contributed by atoms with Crippen LogP contribution < -0.4 is 11.3 Å². The molecule has 0 aromatic heterocycles.